The molecule has 1 atom stereocenters. The molecule has 0 aromatic carbocycles. The van der Waals surface area contributed by atoms with Crippen LogP contribution in [0.15, 0.2) is 0 Å². The molecular formula is C12H26N2O. The summed E-state index contributed by atoms with van der Waals surface area (Å²) >= 11 is 0. The Morgan fingerprint density at radius 2 is 1.60 bits per heavy atom. The number of hydrogen-bond donors (Lipinski definition) is 2. The van der Waals surface area contributed by atoms with Gasteiger partial charge in [-0.2, -0.15) is 0 Å². The summed E-state index contributed by atoms with van der Waals surface area (Å²) in [5, 5.41) is 3.10. The van der Waals surface area contributed by atoms with Gasteiger partial charge >= 0.3 is 0 Å². The smallest absolute Gasteiger partial charge is 0.237 e. The van der Waals surface area contributed by atoms with Gasteiger partial charge in [-0.1, -0.05) is 34.6 Å². The van der Waals surface area contributed by atoms with E-state index in [1.807, 2.05) is 13.8 Å². The first-order chi connectivity index (χ1) is 6.92. The fourth-order valence-corrected chi connectivity index (χ4v) is 1.66. The third kappa shape index (κ3) is 3.82. The van der Waals surface area contributed by atoms with Gasteiger partial charge in [0.15, 0.2) is 0 Å². The highest BCUT2D eigenvalue weighted by atomic mass is 16.2. The van der Waals surface area contributed by atoms with E-state index >= 15 is 0 Å². The molecule has 0 heterocycles. The molecule has 0 bridgehead atoms. The molecule has 3 N–H and O–H groups in total. The van der Waals surface area contributed by atoms with Crippen molar-refractivity contribution in [2.45, 2.75) is 65.5 Å². The third-order valence-electron chi connectivity index (χ3n) is 3.44. The van der Waals surface area contributed by atoms with Crippen LogP contribution in [0.5, 0.6) is 0 Å². The zero-order valence-corrected chi connectivity index (χ0v) is 10.8. The van der Waals surface area contributed by atoms with Crippen LogP contribution in [0, 0.1) is 5.92 Å². The predicted molar refractivity (Wildman–Crippen MR) is 64.6 cm³/mol. The van der Waals surface area contributed by atoms with Crippen molar-refractivity contribution in [2.75, 3.05) is 0 Å². The highest BCUT2D eigenvalue weighted by Gasteiger charge is 2.28. The van der Waals surface area contributed by atoms with Crippen molar-refractivity contribution >= 4 is 5.91 Å². The zero-order valence-electron chi connectivity index (χ0n) is 10.8. The van der Waals surface area contributed by atoms with Crippen LogP contribution < -0.4 is 11.1 Å². The molecule has 0 aliphatic carbocycles. The Labute approximate surface area is 93.8 Å². The number of hydrogen-bond acceptors (Lipinski definition) is 2. The van der Waals surface area contributed by atoms with Crippen molar-refractivity contribution < 1.29 is 4.79 Å². The summed E-state index contributed by atoms with van der Waals surface area (Å²) in [5.41, 5.74) is 5.75. The fourth-order valence-electron chi connectivity index (χ4n) is 1.66. The summed E-state index contributed by atoms with van der Waals surface area (Å²) in [4.78, 5) is 11.8. The number of rotatable bonds is 6. The number of carbonyl (C=O) groups is 1. The lowest BCUT2D eigenvalue weighted by Gasteiger charge is -2.33. The van der Waals surface area contributed by atoms with Crippen LogP contribution >= 0.6 is 0 Å². The largest absolute Gasteiger partial charge is 0.349 e. The van der Waals surface area contributed by atoms with Gasteiger partial charge in [-0.25, -0.2) is 0 Å². The molecule has 0 radical (unpaired) electrons. The molecule has 0 aromatic heterocycles. The van der Waals surface area contributed by atoms with Crippen molar-refractivity contribution in [1.29, 1.82) is 0 Å². The molecule has 1 unspecified atom stereocenters. The lowest BCUT2D eigenvalue weighted by Crippen LogP contribution is -2.54. The third-order valence-corrected chi connectivity index (χ3v) is 3.44. The second-order valence-corrected chi connectivity index (χ2v) is 4.60. The van der Waals surface area contributed by atoms with Crippen molar-refractivity contribution in [3.8, 4) is 0 Å². The van der Waals surface area contributed by atoms with Gasteiger partial charge in [-0.05, 0) is 25.2 Å². The quantitative estimate of drug-likeness (QED) is 0.711. The summed E-state index contributed by atoms with van der Waals surface area (Å²) in [6.07, 6.45) is 2.86. The minimum Gasteiger partial charge on any atom is -0.349 e. The van der Waals surface area contributed by atoms with E-state index in [-0.39, 0.29) is 17.4 Å². The highest BCUT2D eigenvalue weighted by Crippen LogP contribution is 2.19. The molecule has 3 nitrogen and oxygen atoms in total. The second kappa shape index (κ2) is 6.11. The molecule has 0 saturated heterocycles. The molecule has 0 spiro atoms. The molecule has 15 heavy (non-hydrogen) atoms. The number of nitrogens with two attached hydrogens (primary N) is 1. The maximum atomic E-state index is 11.8. The van der Waals surface area contributed by atoms with Crippen LogP contribution in [0.4, 0.5) is 0 Å². The molecule has 0 fully saturated rings. The Balaban J connectivity index is 4.48. The monoisotopic (exact) mass is 214 g/mol. The maximum Gasteiger partial charge on any atom is 0.237 e. The Bertz CT molecular complexity index is 190. The van der Waals surface area contributed by atoms with E-state index in [0.29, 0.717) is 0 Å². The van der Waals surface area contributed by atoms with E-state index in [2.05, 4.69) is 26.1 Å². The Hall–Kier alpha value is -0.570. The molecule has 0 saturated carbocycles. The first-order valence-corrected chi connectivity index (χ1v) is 6.00. The van der Waals surface area contributed by atoms with Crippen molar-refractivity contribution in [1.82, 2.24) is 5.32 Å². The summed E-state index contributed by atoms with van der Waals surface area (Å²) in [7, 11) is 0. The Morgan fingerprint density at radius 1 is 1.20 bits per heavy atom. The standard InChI is InChI=1S/C12H26N2O/c1-6-12(7-2,8-3)14-11(15)10(13)9(4)5/h9-10H,6-8,13H2,1-5H3,(H,14,15). The molecular weight excluding hydrogens is 188 g/mol. The average molecular weight is 214 g/mol. The van der Waals surface area contributed by atoms with E-state index in [0.717, 1.165) is 19.3 Å². The zero-order chi connectivity index (χ0) is 12.1. The molecule has 0 aromatic rings. The SMILES string of the molecule is CCC(CC)(CC)NC(=O)C(N)C(C)C. The molecule has 0 aliphatic rings. The van der Waals surface area contributed by atoms with Crippen LogP contribution in [0.3, 0.4) is 0 Å². The predicted octanol–water partition coefficient (Wildman–Crippen LogP) is 2.05. The minimum atomic E-state index is -0.394. The van der Waals surface area contributed by atoms with Crippen LogP contribution in [0.2, 0.25) is 0 Å². The lowest BCUT2D eigenvalue weighted by molar-refractivity contribution is -0.125. The highest BCUT2D eigenvalue weighted by molar-refractivity contribution is 5.82. The molecule has 90 valence electrons. The summed E-state index contributed by atoms with van der Waals surface area (Å²) < 4.78 is 0. The maximum absolute atomic E-state index is 11.8. The normalized spacial score (nSPS) is 14.1. The minimum absolute atomic E-state index is 0.0180. The van der Waals surface area contributed by atoms with Crippen LogP contribution in [0.25, 0.3) is 0 Å². The van der Waals surface area contributed by atoms with Crippen LogP contribution in [-0.2, 0) is 4.79 Å². The molecule has 1 amide bonds. The molecule has 0 rings (SSSR count). The fraction of sp³-hybridized carbons (Fsp3) is 0.917. The van der Waals surface area contributed by atoms with Gasteiger partial charge in [0.05, 0.1) is 6.04 Å². The van der Waals surface area contributed by atoms with E-state index in [4.69, 9.17) is 5.73 Å². The average Bonchev–Trinajstić information content (AvgIpc) is 2.24. The van der Waals surface area contributed by atoms with Gasteiger partial charge in [0.25, 0.3) is 0 Å². The first kappa shape index (κ1) is 14.4. The summed E-state index contributed by atoms with van der Waals surface area (Å²) in [5.74, 6) is 0.170. The van der Waals surface area contributed by atoms with Crippen molar-refractivity contribution in [3.05, 3.63) is 0 Å². The van der Waals surface area contributed by atoms with E-state index in [1.165, 1.54) is 0 Å². The van der Waals surface area contributed by atoms with Gasteiger partial charge in [-0.3, -0.25) is 4.79 Å². The van der Waals surface area contributed by atoms with Gasteiger partial charge in [0.2, 0.25) is 5.91 Å². The Kier molecular flexibility index (Phi) is 5.88. The Morgan fingerprint density at radius 3 is 1.87 bits per heavy atom. The number of nitrogens with one attached hydrogen (secondary N) is 1. The topological polar surface area (TPSA) is 55.1 Å². The second-order valence-electron chi connectivity index (χ2n) is 4.60. The molecule has 3 heteroatoms. The van der Waals surface area contributed by atoms with Crippen LogP contribution in [0.1, 0.15) is 53.9 Å². The number of carbonyl (C=O) groups excluding carboxylic acids is 1. The summed E-state index contributed by atoms with van der Waals surface area (Å²) in [6.45, 7) is 10.3. The van der Waals surface area contributed by atoms with Crippen molar-refractivity contribution in [3.63, 3.8) is 0 Å². The van der Waals surface area contributed by atoms with E-state index < -0.39 is 6.04 Å². The van der Waals surface area contributed by atoms with E-state index in [1.54, 1.807) is 0 Å². The summed E-state index contributed by atoms with van der Waals surface area (Å²) in [6, 6.07) is -0.394. The van der Waals surface area contributed by atoms with Gasteiger partial charge in [0, 0.05) is 5.54 Å². The van der Waals surface area contributed by atoms with E-state index in [9.17, 15) is 4.79 Å². The molecule has 0 aliphatic heterocycles. The van der Waals surface area contributed by atoms with Gasteiger partial charge in [-0.15, -0.1) is 0 Å². The number of amides is 1. The lowest BCUT2D eigenvalue weighted by atomic mass is 9.89. The van der Waals surface area contributed by atoms with Crippen LogP contribution in [-0.4, -0.2) is 17.5 Å². The van der Waals surface area contributed by atoms with Gasteiger partial charge < -0.3 is 11.1 Å². The first-order valence-electron chi connectivity index (χ1n) is 6.00. The van der Waals surface area contributed by atoms with Gasteiger partial charge in [0.1, 0.15) is 0 Å². The van der Waals surface area contributed by atoms with Crippen molar-refractivity contribution in [2.24, 2.45) is 11.7 Å².